The first-order valence-corrected chi connectivity index (χ1v) is 7.96. The van der Waals surface area contributed by atoms with Crippen LogP contribution < -0.4 is 5.32 Å². The Bertz CT molecular complexity index is 692. The van der Waals surface area contributed by atoms with E-state index in [1.54, 1.807) is 19.2 Å². The minimum absolute atomic E-state index is 0. The van der Waals surface area contributed by atoms with E-state index in [0.717, 1.165) is 30.8 Å². The molecule has 1 atom stereocenters. The molecule has 0 radical (unpaired) electrons. The van der Waals surface area contributed by atoms with E-state index in [-0.39, 0.29) is 18.4 Å². The van der Waals surface area contributed by atoms with Gasteiger partial charge in [0.25, 0.3) is 0 Å². The van der Waals surface area contributed by atoms with Crippen molar-refractivity contribution in [1.82, 2.24) is 15.2 Å². The molecule has 136 valence electrons. The predicted molar refractivity (Wildman–Crippen MR) is 93.7 cm³/mol. The lowest BCUT2D eigenvalue weighted by molar-refractivity contribution is -0.137. The molecule has 1 aromatic heterocycles. The van der Waals surface area contributed by atoms with Crippen molar-refractivity contribution in [2.45, 2.75) is 25.7 Å². The van der Waals surface area contributed by atoms with Gasteiger partial charge in [-0.2, -0.15) is 13.2 Å². The summed E-state index contributed by atoms with van der Waals surface area (Å²) in [5.74, 6) is 0. The fraction of sp³-hybridized carbons (Fsp3) is 0.389. The van der Waals surface area contributed by atoms with Gasteiger partial charge in [0, 0.05) is 44.6 Å². The Labute approximate surface area is 151 Å². The average molecular weight is 372 g/mol. The van der Waals surface area contributed by atoms with Crippen molar-refractivity contribution < 1.29 is 13.2 Å². The minimum atomic E-state index is -4.30. The van der Waals surface area contributed by atoms with Crippen molar-refractivity contribution in [2.24, 2.45) is 0 Å². The number of aryl methyl sites for hydroxylation is 1. The molecule has 1 aliphatic heterocycles. The first-order valence-electron chi connectivity index (χ1n) is 7.96. The lowest BCUT2D eigenvalue weighted by Crippen LogP contribution is -2.45. The molecule has 2 heterocycles. The largest absolute Gasteiger partial charge is 0.416 e. The van der Waals surface area contributed by atoms with Crippen LogP contribution in [0.15, 0.2) is 42.7 Å². The number of halogens is 4. The molecule has 0 bridgehead atoms. The second-order valence-corrected chi connectivity index (χ2v) is 6.12. The summed E-state index contributed by atoms with van der Waals surface area (Å²) in [6, 6.07) is 8.12. The molecule has 3 rings (SSSR count). The van der Waals surface area contributed by atoms with Crippen molar-refractivity contribution >= 4 is 12.4 Å². The topological polar surface area (TPSA) is 28.2 Å². The van der Waals surface area contributed by atoms with Gasteiger partial charge in [-0.1, -0.05) is 12.1 Å². The summed E-state index contributed by atoms with van der Waals surface area (Å²) in [5.41, 5.74) is 2.13. The zero-order valence-electron chi connectivity index (χ0n) is 13.9. The second-order valence-electron chi connectivity index (χ2n) is 6.12. The number of hydrogen-bond acceptors (Lipinski definition) is 3. The van der Waals surface area contributed by atoms with Gasteiger partial charge >= 0.3 is 6.18 Å². The molecule has 3 nitrogen and oxygen atoms in total. The lowest BCUT2D eigenvalue weighted by Gasteiger charge is -2.36. The zero-order valence-corrected chi connectivity index (χ0v) is 14.7. The molecule has 0 spiro atoms. The monoisotopic (exact) mass is 371 g/mol. The van der Waals surface area contributed by atoms with E-state index in [9.17, 15) is 13.2 Å². The van der Waals surface area contributed by atoms with Crippen LogP contribution in [0.4, 0.5) is 13.2 Å². The van der Waals surface area contributed by atoms with Crippen LogP contribution in [-0.4, -0.2) is 29.5 Å². The Balaban J connectivity index is 0.00000225. The molecule has 25 heavy (non-hydrogen) atoms. The Morgan fingerprint density at radius 3 is 2.72 bits per heavy atom. The van der Waals surface area contributed by atoms with Crippen LogP contribution in [0, 0.1) is 6.92 Å². The minimum Gasteiger partial charge on any atom is -0.314 e. The van der Waals surface area contributed by atoms with E-state index < -0.39 is 11.7 Å². The number of benzene rings is 1. The molecule has 1 aliphatic rings. The van der Waals surface area contributed by atoms with E-state index in [4.69, 9.17) is 0 Å². The average Bonchev–Trinajstić information content (AvgIpc) is 2.57. The summed E-state index contributed by atoms with van der Waals surface area (Å²) in [6.07, 6.45) is -0.703. The molecule has 1 saturated heterocycles. The molecule has 1 fully saturated rings. The van der Waals surface area contributed by atoms with Gasteiger partial charge < -0.3 is 5.32 Å². The van der Waals surface area contributed by atoms with E-state index in [1.807, 2.05) is 18.3 Å². The van der Waals surface area contributed by atoms with E-state index in [1.165, 1.54) is 12.1 Å². The van der Waals surface area contributed by atoms with Gasteiger partial charge in [-0.3, -0.25) is 9.88 Å². The number of rotatable bonds is 3. The van der Waals surface area contributed by atoms with Gasteiger partial charge in [0.05, 0.1) is 5.56 Å². The number of nitrogens with one attached hydrogen (secondary N) is 1. The summed E-state index contributed by atoms with van der Waals surface area (Å²) in [4.78, 5) is 6.47. The van der Waals surface area contributed by atoms with Crippen LogP contribution in [0.2, 0.25) is 0 Å². The van der Waals surface area contributed by atoms with Crippen molar-refractivity contribution in [3.63, 3.8) is 0 Å². The van der Waals surface area contributed by atoms with Gasteiger partial charge in [0.1, 0.15) is 0 Å². The molecule has 1 N–H and O–H groups in total. The van der Waals surface area contributed by atoms with Crippen LogP contribution in [0.1, 0.15) is 28.3 Å². The molecule has 1 aromatic carbocycles. The van der Waals surface area contributed by atoms with Gasteiger partial charge in [-0.25, -0.2) is 0 Å². The van der Waals surface area contributed by atoms with Crippen molar-refractivity contribution in [3.05, 3.63) is 65.0 Å². The molecule has 0 saturated carbocycles. The Morgan fingerprint density at radius 1 is 1.28 bits per heavy atom. The third-order valence-corrected chi connectivity index (χ3v) is 4.47. The SMILES string of the molecule is Cc1cc(C(F)(F)F)ccc1CN1CCNCC1c1cccnc1.Cl. The highest BCUT2D eigenvalue weighted by atomic mass is 35.5. The number of pyridine rings is 1. The normalized spacial score (nSPS) is 18.6. The van der Waals surface area contributed by atoms with Gasteiger partial charge in [-0.05, 0) is 41.8 Å². The fourth-order valence-corrected chi connectivity index (χ4v) is 3.11. The third kappa shape index (κ3) is 4.71. The molecule has 1 unspecified atom stereocenters. The zero-order chi connectivity index (χ0) is 17.2. The molecular formula is C18H21ClF3N3. The number of alkyl halides is 3. The summed E-state index contributed by atoms with van der Waals surface area (Å²) < 4.78 is 38.4. The maximum Gasteiger partial charge on any atom is 0.416 e. The van der Waals surface area contributed by atoms with Crippen molar-refractivity contribution in [1.29, 1.82) is 0 Å². The molecule has 0 aliphatic carbocycles. The van der Waals surface area contributed by atoms with E-state index >= 15 is 0 Å². The molecule has 7 heteroatoms. The predicted octanol–water partition coefficient (Wildman–Crippen LogP) is 3.98. The van der Waals surface area contributed by atoms with Gasteiger partial charge in [-0.15, -0.1) is 12.4 Å². The van der Waals surface area contributed by atoms with Crippen molar-refractivity contribution in [3.8, 4) is 0 Å². The molecular weight excluding hydrogens is 351 g/mol. The van der Waals surface area contributed by atoms with Crippen LogP contribution in [0.25, 0.3) is 0 Å². The first kappa shape index (κ1) is 19.7. The van der Waals surface area contributed by atoms with E-state index in [2.05, 4.69) is 15.2 Å². The van der Waals surface area contributed by atoms with Crippen LogP contribution in [0.5, 0.6) is 0 Å². The van der Waals surface area contributed by atoms with Gasteiger partial charge in [0.2, 0.25) is 0 Å². The summed E-state index contributed by atoms with van der Waals surface area (Å²) in [5, 5.41) is 3.37. The standard InChI is InChI=1S/C18H20F3N3.ClH/c1-13-9-16(18(19,20)21)5-4-15(13)12-24-8-7-23-11-17(24)14-3-2-6-22-10-14;/h2-6,9-10,17,23H,7-8,11-12H2,1H3;1H. The lowest BCUT2D eigenvalue weighted by atomic mass is 10.0. The van der Waals surface area contributed by atoms with Crippen molar-refractivity contribution in [2.75, 3.05) is 19.6 Å². The van der Waals surface area contributed by atoms with Crippen LogP contribution in [0.3, 0.4) is 0 Å². The third-order valence-electron chi connectivity index (χ3n) is 4.47. The maximum atomic E-state index is 12.8. The van der Waals surface area contributed by atoms with Crippen LogP contribution >= 0.6 is 12.4 Å². The highest BCUT2D eigenvalue weighted by Crippen LogP contribution is 2.31. The highest BCUT2D eigenvalue weighted by Gasteiger charge is 2.31. The molecule has 0 amide bonds. The van der Waals surface area contributed by atoms with Gasteiger partial charge in [0.15, 0.2) is 0 Å². The molecule has 2 aromatic rings. The van der Waals surface area contributed by atoms with E-state index in [0.29, 0.717) is 12.1 Å². The summed E-state index contributed by atoms with van der Waals surface area (Å²) in [6.45, 7) is 4.90. The summed E-state index contributed by atoms with van der Waals surface area (Å²) in [7, 11) is 0. The number of hydrogen-bond donors (Lipinski definition) is 1. The summed E-state index contributed by atoms with van der Waals surface area (Å²) >= 11 is 0. The Hall–Kier alpha value is -1.63. The second kappa shape index (κ2) is 8.17. The first-order chi connectivity index (χ1) is 11.4. The number of piperazine rings is 1. The highest BCUT2D eigenvalue weighted by molar-refractivity contribution is 5.85. The smallest absolute Gasteiger partial charge is 0.314 e. The number of nitrogens with zero attached hydrogens (tertiary/aromatic N) is 2. The Kier molecular flexibility index (Phi) is 6.43. The fourth-order valence-electron chi connectivity index (χ4n) is 3.11. The quantitative estimate of drug-likeness (QED) is 0.884. The maximum absolute atomic E-state index is 12.8. The number of aromatic nitrogens is 1. The van der Waals surface area contributed by atoms with Crippen LogP contribution in [-0.2, 0) is 12.7 Å². The Morgan fingerprint density at radius 2 is 2.08 bits per heavy atom.